The third-order valence-corrected chi connectivity index (χ3v) is 5.30. The van der Waals surface area contributed by atoms with Crippen molar-refractivity contribution in [1.82, 2.24) is 4.90 Å². The van der Waals surface area contributed by atoms with Crippen LogP contribution in [0.25, 0.3) is 0 Å². The summed E-state index contributed by atoms with van der Waals surface area (Å²) in [6.45, 7) is 6.89. The molecule has 0 unspecified atom stereocenters. The van der Waals surface area contributed by atoms with Gasteiger partial charge in [0.15, 0.2) is 0 Å². The average Bonchev–Trinajstić information content (AvgIpc) is 2.69. The van der Waals surface area contributed by atoms with Crippen LogP contribution in [-0.4, -0.2) is 48.5 Å². The summed E-state index contributed by atoms with van der Waals surface area (Å²) in [5.74, 6) is -0.0291. The lowest BCUT2D eigenvalue weighted by Crippen LogP contribution is -2.48. The molecule has 3 rings (SSSR count). The van der Waals surface area contributed by atoms with Crippen molar-refractivity contribution in [1.29, 1.82) is 0 Å². The van der Waals surface area contributed by atoms with Gasteiger partial charge >= 0.3 is 0 Å². The number of hydrogen-bond donors (Lipinski definition) is 1. The Bertz CT molecular complexity index is 895. The van der Waals surface area contributed by atoms with Gasteiger partial charge in [-0.3, -0.25) is 14.9 Å². The van der Waals surface area contributed by atoms with E-state index in [0.29, 0.717) is 49.0 Å². The van der Waals surface area contributed by atoms with E-state index < -0.39 is 0 Å². The van der Waals surface area contributed by atoms with Crippen molar-refractivity contribution in [3.63, 3.8) is 0 Å². The van der Waals surface area contributed by atoms with Crippen molar-refractivity contribution >= 4 is 34.6 Å². The minimum atomic E-state index is -0.384. The summed E-state index contributed by atoms with van der Waals surface area (Å²) >= 11 is 6.14. The number of nitro groups is 1. The first-order chi connectivity index (χ1) is 13.4. The highest BCUT2D eigenvalue weighted by atomic mass is 35.5. The lowest BCUT2D eigenvalue weighted by Gasteiger charge is -2.36. The highest BCUT2D eigenvalue weighted by molar-refractivity contribution is 6.31. The van der Waals surface area contributed by atoms with Crippen molar-refractivity contribution < 1.29 is 9.72 Å². The normalized spacial score (nSPS) is 14.1. The standard InChI is InChI=1S/C20H23ClN4O3/c1-3-22-18-13-16(6-7-19(18)25(27)28)23-8-10-24(11-9-23)20(26)15-5-4-14(2)17(21)12-15/h4-7,12-13,22H,3,8-11H2,1-2H3. The number of aryl methyl sites for hydroxylation is 1. The van der Waals surface area contributed by atoms with Crippen LogP contribution in [0, 0.1) is 17.0 Å². The highest BCUT2D eigenvalue weighted by Gasteiger charge is 2.24. The van der Waals surface area contributed by atoms with Gasteiger partial charge in [-0.2, -0.15) is 0 Å². The molecule has 2 aromatic rings. The first kappa shape index (κ1) is 19.9. The first-order valence-electron chi connectivity index (χ1n) is 9.23. The van der Waals surface area contributed by atoms with Gasteiger partial charge in [0.2, 0.25) is 0 Å². The molecule has 7 nitrogen and oxygen atoms in total. The number of benzene rings is 2. The predicted octanol–water partition coefficient (Wildman–Crippen LogP) is 3.95. The Morgan fingerprint density at radius 1 is 1.18 bits per heavy atom. The van der Waals surface area contributed by atoms with Gasteiger partial charge in [-0.25, -0.2) is 0 Å². The fourth-order valence-corrected chi connectivity index (χ4v) is 3.47. The molecular formula is C20H23ClN4O3. The van der Waals surface area contributed by atoms with Crippen LogP contribution in [0.3, 0.4) is 0 Å². The second-order valence-electron chi connectivity index (χ2n) is 6.73. The van der Waals surface area contributed by atoms with Crippen LogP contribution in [0.1, 0.15) is 22.8 Å². The monoisotopic (exact) mass is 402 g/mol. The molecule has 0 aromatic heterocycles. The molecule has 1 aliphatic rings. The molecule has 148 valence electrons. The first-order valence-corrected chi connectivity index (χ1v) is 9.61. The van der Waals surface area contributed by atoms with E-state index in [1.54, 1.807) is 24.3 Å². The zero-order valence-corrected chi connectivity index (χ0v) is 16.7. The van der Waals surface area contributed by atoms with Crippen LogP contribution in [0.5, 0.6) is 0 Å². The van der Waals surface area contributed by atoms with E-state index in [1.807, 2.05) is 24.8 Å². The molecule has 8 heteroatoms. The van der Waals surface area contributed by atoms with Crippen LogP contribution in [0.15, 0.2) is 36.4 Å². The zero-order valence-electron chi connectivity index (χ0n) is 15.9. The smallest absolute Gasteiger partial charge is 0.292 e. The van der Waals surface area contributed by atoms with Crippen LogP contribution < -0.4 is 10.2 Å². The second kappa shape index (κ2) is 8.48. The fourth-order valence-electron chi connectivity index (χ4n) is 3.29. The Morgan fingerprint density at radius 3 is 2.50 bits per heavy atom. The molecule has 2 aromatic carbocycles. The summed E-state index contributed by atoms with van der Waals surface area (Å²) < 4.78 is 0. The molecule has 1 N–H and O–H groups in total. The van der Waals surface area contributed by atoms with Crippen LogP contribution >= 0.6 is 11.6 Å². The van der Waals surface area contributed by atoms with Crippen molar-refractivity contribution in [3.8, 4) is 0 Å². The maximum Gasteiger partial charge on any atom is 0.292 e. The van der Waals surface area contributed by atoms with Gasteiger partial charge in [-0.05, 0) is 43.7 Å². The van der Waals surface area contributed by atoms with Gasteiger partial charge in [0.1, 0.15) is 5.69 Å². The van der Waals surface area contributed by atoms with Crippen molar-refractivity contribution in [3.05, 3.63) is 62.7 Å². The molecule has 0 spiro atoms. The number of carbonyl (C=O) groups is 1. The van der Waals surface area contributed by atoms with Gasteiger partial charge in [0.05, 0.1) is 4.92 Å². The third kappa shape index (κ3) is 4.20. The van der Waals surface area contributed by atoms with E-state index in [2.05, 4.69) is 10.2 Å². The Morgan fingerprint density at radius 2 is 1.89 bits per heavy atom. The van der Waals surface area contributed by atoms with Crippen molar-refractivity contribution in [2.45, 2.75) is 13.8 Å². The fraction of sp³-hybridized carbons (Fsp3) is 0.350. The predicted molar refractivity (Wildman–Crippen MR) is 112 cm³/mol. The number of halogens is 1. The largest absolute Gasteiger partial charge is 0.380 e. The topological polar surface area (TPSA) is 78.7 Å². The van der Waals surface area contributed by atoms with E-state index in [0.717, 1.165) is 11.3 Å². The number of nitro benzene ring substituents is 1. The summed E-state index contributed by atoms with van der Waals surface area (Å²) in [7, 11) is 0. The summed E-state index contributed by atoms with van der Waals surface area (Å²) in [6.07, 6.45) is 0. The van der Waals surface area contributed by atoms with E-state index in [1.165, 1.54) is 6.07 Å². The van der Waals surface area contributed by atoms with Gasteiger partial charge in [0, 0.05) is 55.1 Å². The SMILES string of the molecule is CCNc1cc(N2CCN(C(=O)c3ccc(C)c(Cl)c3)CC2)ccc1[N+](=O)[O-]. The lowest BCUT2D eigenvalue weighted by molar-refractivity contribution is -0.383. The molecule has 1 fully saturated rings. The van der Waals surface area contributed by atoms with E-state index >= 15 is 0 Å². The van der Waals surface area contributed by atoms with Crippen molar-refractivity contribution in [2.75, 3.05) is 42.9 Å². The number of amides is 1. The Labute approximate surface area is 169 Å². The maximum atomic E-state index is 12.7. The Hall–Kier alpha value is -2.80. The Balaban J connectivity index is 1.69. The molecule has 1 saturated heterocycles. The summed E-state index contributed by atoms with van der Waals surface area (Å²) in [4.78, 5) is 27.5. The van der Waals surface area contributed by atoms with E-state index in [-0.39, 0.29) is 16.5 Å². The van der Waals surface area contributed by atoms with E-state index in [9.17, 15) is 14.9 Å². The van der Waals surface area contributed by atoms with Crippen LogP contribution in [0.2, 0.25) is 5.02 Å². The molecule has 0 aliphatic carbocycles. The van der Waals surface area contributed by atoms with Crippen molar-refractivity contribution in [2.24, 2.45) is 0 Å². The highest BCUT2D eigenvalue weighted by Crippen LogP contribution is 2.30. The number of rotatable bonds is 5. The third-order valence-electron chi connectivity index (χ3n) is 4.89. The number of anilines is 2. The number of nitrogens with zero attached hydrogens (tertiary/aromatic N) is 3. The number of carbonyl (C=O) groups excluding carboxylic acids is 1. The van der Waals surface area contributed by atoms with Gasteiger partial charge < -0.3 is 15.1 Å². The lowest BCUT2D eigenvalue weighted by atomic mass is 10.1. The van der Waals surface area contributed by atoms with E-state index in [4.69, 9.17) is 11.6 Å². The second-order valence-corrected chi connectivity index (χ2v) is 7.14. The molecule has 0 radical (unpaired) electrons. The summed E-state index contributed by atoms with van der Waals surface area (Å²) in [6, 6.07) is 10.5. The summed E-state index contributed by atoms with van der Waals surface area (Å²) in [5, 5.41) is 14.8. The molecular weight excluding hydrogens is 380 g/mol. The number of piperazine rings is 1. The average molecular weight is 403 g/mol. The molecule has 0 atom stereocenters. The molecule has 28 heavy (non-hydrogen) atoms. The Kier molecular flexibility index (Phi) is 6.04. The molecule has 1 aliphatic heterocycles. The zero-order chi connectivity index (χ0) is 20.3. The minimum Gasteiger partial charge on any atom is -0.380 e. The van der Waals surface area contributed by atoms with Gasteiger partial charge in [-0.15, -0.1) is 0 Å². The number of hydrogen-bond acceptors (Lipinski definition) is 5. The molecule has 0 saturated carbocycles. The molecule has 0 bridgehead atoms. The minimum absolute atomic E-state index is 0.0291. The van der Waals surface area contributed by atoms with Crippen LogP contribution in [0.4, 0.5) is 17.1 Å². The van der Waals surface area contributed by atoms with Crippen LogP contribution in [-0.2, 0) is 0 Å². The quantitative estimate of drug-likeness (QED) is 0.605. The summed E-state index contributed by atoms with van der Waals surface area (Å²) in [5.41, 5.74) is 3.02. The molecule has 1 amide bonds. The number of nitrogens with one attached hydrogen (secondary N) is 1. The maximum absolute atomic E-state index is 12.7. The van der Waals surface area contributed by atoms with Gasteiger partial charge in [0.25, 0.3) is 11.6 Å². The van der Waals surface area contributed by atoms with Gasteiger partial charge in [-0.1, -0.05) is 17.7 Å². The molecule has 1 heterocycles.